The number of nitrogens with two attached hydrogens (primary N) is 1. The molecule has 2 rings (SSSR count). The van der Waals surface area contributed by atoms with E-state index in [1.165, 1.54) is 0 Å². The van der Waals surface area contributed by atoms with Gasteiger partial charge in [0.1, 0.15) is 5.75 Å². The van der Waals surface area contributed by atoms with E-state index in [1.54, 1.807) is 37.1 Å². The molecule has 7 heteroatoms. The predicted molar refractivity (Wildman–Crippen MR) is 86.1 cm³/mol. The Morgan fingerprint density at radius 1 is 1.43 bits per heavy atom. The third-order valence-corrected chi connectivity index (χ3v) is 6.43. The first-order valence-electron chi connectivity index (χ1n) is 6.92. The molecule has 5 nitrogen and oxygen atoms in total. The molecule has 1 saturated carbocycles. The monoisotopic (exact) mass is 330 g/mol. The van der Waals surface area contributed by atoms with Gasteiger partial charge in [0.2, 0.25) is 10.0 Å². The Labute approximate surface area is 130 Å². The van der Waals surface area contributed by atoms with Gasteiger partial charge >= 0.3 is 0 Å². The number of sulfonamides is 1. The molecule has 0 aliphatic heterocycles. The van der Waals surface area contributed by atoms with Gasteiger partial charge in [-0.3, -0.25) is 0 Å². The van der Waals surface area contributed by atoms with E-state index in [2.05, 4.69) is 11.0 Å². The van der Waals surface area contributed by atoms with Crippen LogP contribution in [0.4, 0.5) is 0 Å². The van der Waals surface area contributed by atoms with E-state index in [-0.39, 0.29) is 17.5 Å². The van der Waals surface area contributed by atoms with Gasteiger partial charge in [0, 0.05) is 23.4 Å². The smallest absolute Gasteiger partial charge is 0.240 e. The summed E-state index contributed by atoms with van der Waals surface area (Å²) in [6, 6.07) is 4.82. The van der Waals surface area contributed by atoms with Crippen molar-refractivity contribution in [3.8, 4) is 5.75 Å². The molecule has 2 unspecified atom stereocenters. The molecule has 2 atom stereocenters. The van der Waals surface area contributed by atoms with Gasteiger partial charge in [0.25, 0.3) is 0 Å². The third-order valence-electron chi connectivity index (χ3n) is 3.82. The Balaban J connectivity index is 2.16. The average Bonchev–Trinajstić information content (AvgIpc) is 2.93. The summed E-state index contributed by atoms with van der Waals surface area (Å²) in [6.45, 7) is 0.241. The lowest BCUT2D eigenvalue weighted by atomic mass is 10.2. The summed E-state index contributed by atoms with van der Waals surface area (Å²) < 4.78 is 32.9. The summed E-state index contributed by atoms with van der Waals surface area (Å²) in [5.74, 6) is 0.611. The van der Waals surface area contributed by atoms with E-state index in [4.69, 9.17) is 10.5 Å². The van der Waals surface area contributed by atoms with Gasteiger partial charge in [-0.15, -0.1) is 0 Å². The fourth-order valence-corrected chi connectivity index (χ4v) is 4.76. The molecule has 0 bridgehead atoms. The number of rotatable bonds is 6. The highest BCUT2D eigenvalue weighted by Crippen LogP contribution is 2.29. The van der Waals surface area contributed by atoms with Crippen molar-refractivity contribution in [3.63, 3.8) is 0 Å². The highest BCUT2D eigenvalue weighted by molar-refractivity contribution is 7.99. The number of benzene rings is 1. The van der Waals surface area contributed by atoms with Crippen LogP contribution >= 0.6 is 11.8 Å². The van der Waals surface area contributed by atoms with Crippen LogP contribution in [-0.2, 0) is 16.6 Å². The molecular formula is C14H22N2O3S2. The van der Waals surface area contributed by atoms with Crippen LogP contribution in [-0.4, -0.2) is 33.1 Å². The molecule has 21 heavy (non-hydrogen) atoms. The lowest BCUT2D eigenvalue weighted by Crippen LogP contribution is -2.33. The number of nitrogens with one attached hydrogen (secondary N) is 1. The highest BCUT2D eigenvalue weighted by Gasteiger charge is 2.28. The van der Waals surface area contributed by atoms with Gasteiger partial charge in [0.05, 0.1) is 12.0 Å². The Kier molecular flexibility index (Phi) is 5.54. The maximum Gasteiger partial charge on any atom is 0.240 e. The molecule has 1 aliphatic rings. The van der Waals surface area contributed by atoms with E-state index >= 15 is 0 Å². The number of hydrogen-bond acceptors (Lipinski definition) is 5. The van der Waals surface area contributed by atoms with Gasteiger partial charge in [-0.05, 0) is 43.7 Å². The molecule has 0 heterocycles. The quantitative estimate of drug-likeness (QED) is 0.830. The summed E-state index contributed by atoms with van der Waals surface area (Å²) >= 11 is 1.80. The summed E-state index contributed by atoms with van der Waals surface area (Å²) in [4.78, 5) is 0.247. The van der Waals surface area contributed by atoms with Crippen LogP contribution in [0.2, 0.25) is 0 Å². The first-order valence-corrected chi connectivity index (χ1v) is 9.69. The number of thioether (sulfide) groups is 1. The van der Waals surface area contributed by atoms with E-state index in [9.17, 15) is 8.42 Å². The topological polar surface area (TPSA) is 81.4 Å². The van der Waals surface area contributed by atoms with Crippen molar-refractivity contribution < 1.29 is 13.2 Å². The van der Waals surface area contributed by atoms with Gasteiger partial charge in [-0.25, -0.2) is 13.1 Å². The van der Waals surface area contributed by atoms with Gasteiger partial charge in [0.15, 0.2) is 0 Å². The van der Waals surface area contributed by atoms with E-state index in [0.29, 0.717) is 16.6 Å². The van der Waals surface area contributed by atoms with E-state index in [0.717, 1.165) is 19.3 Å². The lowest BCUT2D eigenvalue weighted by molar-refractivity contribution is 0.409. The minimum absolute atomic E-state index is 0.0240. The van der Waals surface area contributed by atoms with Crippen molar-refractivity contribution in [1.82, 2.24) is 4.72 Å². The molecule has 1 fully saturated rings. The Bertz CT molecular complexity index is 590. The average molecular weight is 330 g/mol. The van der Waals surface area contributed by atoms with Crippen LogP contribution in [0.25, 0.3) is 0 Å². The molecule has 0 saturated heterocycles. The molecule has 1 aromatic rings. The first-order chi connectivity index (χ1) is 10.00. The first kappa shape index (κ1) is 16.6. The van der Waals surface area contributed by atoms with Gasteiger partial charge in [-0.1, -0.05) is 0 Å². The SMILES string of the molecule is COc1ccc(S(=O)(=O)NC2CCC(SC)C2)cc1CN. The lowest BCUT2D eigenvalue weighted by Gasteiger charge is -2.15. The fourth-order valence-electron chi connectivity index (χ4n) is 2.63. The second-order valence-corrected chi connectivity index (χ2v) is 8.02. The molecular weight excluding hydrogens is 308 g/mol. The molecule has 3 N–H and O–H groups in total. The Hall–Kier alpha value is -0.760. The van der Waals surface area contributed by atoms with Gasteiger partial charge < -0.3 is 10.5 Å². The Morgan fingerprint density at radius 3 is 2.76 bits per heavy atom. The largest absolute Gasteiger partial charge is 0.496 e. The number of hydrogen-bond donors (Lipinski definition) is 2. The van der Waals surface area contributed by atoms with Gasteiger partial charge in [-0.2, -0.15) is 11.8 Å². The molecule has 0 radical (unpaired) electrons. The van der Waals surface area contributed by atoms with Crippen molar-refractivity contribution in [2.45, 2.75) is 42.0 Å². The number of ether oxygens (including phenoxy) is 1. The molecule has 0 spiro atoms. The standard InChI is InChI=1S/C14H22N2O3S2/c1-19-14-6-5-13(7-10(14)9-15)21(17,18)16-11-3-4-12(8-11)20-2/h5-7,11-12,16H,3-4,8-9,15H2,1-2H3. The fraction of sp³-hybridized carbons (Fsp3) is 0.571. The van der Waals surface area contributed by atoms with Crippen LogP contribution in [0.1, 0.15) is 24.8 Å². The zero-order valence-electron chi connectivity index (χ0n) is 12.3. The zero-order valence-corrected chi connectivity index (χ0v) is 14.0. The molecule has 0 aromatic heterocycles. The minimum atomic E-state index is -3.50. The highest BCUT2D eigenvalue weighted by atomic mass is 32.2. The van der Waals surface area contributed by atoms with Crippen molar-refractivity contribution >= 4 is 21.8 Å². The molecule has 1 aromatic carbocycles. The van der Waals surface area contributed by atoms with Crippen LogP contribution < -0.4 is 15.2 Å². The minimum Gasteiger partial charge on any atom is -0.496 e. The van der Waals surface area contributed by atoms with Crippen molar-refractivity contribution in [2.75, 3.05) is 13.4 Å². The van der Waals surface area contributed by atoms with Crippen LogP contribution in [0, 0.1) is 0 Å². The molecule has 118 valence electrons. The van der Waals surface area contributed by atoms with Crippen LogP contribution in [0.5, 0.6) is 5.75 Å². The maximum absolute atomic E-state index is 12.5. The summed E-state index contributed by atoms with van der Waals surface area (Å²) in [7, 11) is -1.96. The van der Waals surface area contributed by atoms with Crippen LogP contribution in [0.15, 0.2) is 23.1 Å². The third kappa shape index (κ3) is 3.91. The summed E-state index contributed by atoms with van der Waals surface area (Å²) in [6.07, 6.45) is 4.91. The molecule has 0 amide bonds. The zero-order chi connectivity index (χ0) is 15.5. The second kappa shape index (κ2) is 7.00. The maximum atomic E-state index is 12.5. The van der Waals surface area contributed by atoms with E-state index < -0.39 is 10.0 Å². The second-order valence-electron chi connectivity index (χ2n) is 5.17. The van der Waals surface area contributed by atoms with Crippen molar-refractivity contribution in [1.29, 1.82) is 0 Å². The summed E-state index contributed by atoms with van der Waals surface area (Å²) in [5, 5.41) is 0.549. The predicted octanol–water partition coefficient (Wildman–Crippen LogP) is 1.72. The number of methoxy groups -OCH3 is 1. The summed E-state index contributed by atoms with van der Waals surface area (Å²) in [5.41, 5.74) is 6.33. The Morgan fingerprint density at radius 2 is 2.19 bits per heavy atom. The molecule has 1 aliphatic carbocycles. The van der Waals surface area contributed by atoms with Crippen LogP contribution in [0.3, 0.4) is 0 Å². The van der Waals surface area contributed by atoms with E-state index in [1.807, 2.05) is 0 Å². The normalized spacial score (nSPS) is 22.4. The van der Waals surface area contributed by atoms with Crippen molar-refractivity contribution in [3.05, 3.63) is 23.8 Å². The van der Waals surface area contributed by atoms with Crippen molar-refractivity contribution in [2.24, 2.45) is 5.73 Å².